The van der Waals surface area contributed by atoms with Crippen LogP contribution in [0, 0.1) is 5.92 Å². The van der Waals surface area contributed by atoms with Crippen molar-refractivity contribution < 1.29 is 20.1 Å². The van der Waals surface area contributed by atoms with Crippen LogP contribution in [0.4, 0.5) is 0 Å². The zero-order chi connectivity index (χ0) is 23.5. The summed E-state index contributed by atoms with van der Waals surface area (Å²) in [5.74, 6) is -0.718. The van der Waals surface area contributed by atoms with Gasteiger partial charge < -0.3 is 39.8 Å². The van der Waals surface area contributed by atoms with Gasteiger partial charge in [0, 0.05) is 39.3 Å². The molecule has 9 nitrogen and oxygen atoms in total. The lowest BCUT2D eigenvalue weighted by atomic mass is 9.98. The highest BCUT2D eigenvalue weighted by atomic mass is 16.4. The van der Waals surface area contributed by atoms with E-state index in [1.54, 1.807) is 0 Å². The van der Waals surface area contributed by atoms with Crippen LogP contribution in [0.15, 0.2) is 0 Å². The van der Waals surface area contributed by atoms with Crippen LogP contribution < -0.4 is 0 Å². The predicted molar refractivity (Wildman–Crippen MR) is 124 cm³/mol. The molecule has 0 saturated carbocycles. The molecule has 2 rings (SSSR count). The van der Waals surface area contributed by atoms with E-state index in [1.165, 1.54) is 26.2 Å². The summed E-state index contributed by atoms with van der Waals surface area (Å²) in [6.07, 6.45) is 1.62. The van der Waals surface area contributed by atoms with Crippen LogP contribution in [0.5, 0.6) is 0 Å². The number of piperidine rings is 1. The normalized spacial score (nSPS) is 18.6. The van der Waals surface area contributed by atoms with E-state index in [0.29, 0.717) is 13.1 Å². The van der Waals surface area contributed by atoms with E-state index in [-0.39, 0.29) is 19.1 Å². The van der Waals surface area contributed by atoms with Crippen molar-refractivity contribution in [3.05, 3.63) is 0 Å². The summed E-state index contributed by atoms with van der Waals surface area (Å²) in [7, 11) is 14.2. The Morgan fingerprint density at radius 1 is 0.767 bits per heavy atom. The minimum Gasteiger partial charge on any atom is -0.481 e. The van der Waals surface area contributed by atoms with E-state index >= 15 is 0 Å². The van der Waals surface area contributed by atoms with Crippen molar-refractivity contribution in [1.29, 1.82) is 0 Å². The number of carbonyl (C=O) groups is 1. The Bertz CT molecular complexity index is 367. The monoisotopic (exact) mass is 435 g/mol. The first-order valence-corrected chi connectivity index (χ1v) is 10.8. The summed E-state index contributed by atoms with van der Waals surface area (Å²) in [5, 5.41) is 25.3. The molecule has 0 bridgehead atoms. The molecule has 2 aliphatic heterocycles. The number of hydrogen-bond donors (Lipinski definition) is 3. The Balaban J connectivity index is 0. The highest BCUT2D eigenvalue weighted by Gasteiger charge is 2.22. The summed E-state index contributed by atoms with van der Waals surface area (Å²) in [4.78, 5) is 21.2. The molecule has 0 aromatic rings. The minimum absolute atomic E-state index is 0.0869. The number of carboxylic acid groups (broad SMARTS) is 1. The van der Waals surface area contributed by atoms with Crippen molar-refractivity contribution in [1.82, 2.24) is 24.5 Å². The smallest absolute Gasteiger partial charge is 0.306 e. The highest BCUT2D eigenvalue weighted by molar-refractivity contribution is 5.70. The molecule has 2 saturated heterocycles. The number of piperazine rings is 1. The molecule has 3 N–H and O–H groups in total. The van der Waals surface area contributed by atoms with E-state index in [9.17, 15) is 4.79 Å². The molecule has 0 spiro atoms. The van der Waals surface area contributed by atoms with Gasteiger partial charge >= 0.3 is 5.97 Å². The molecule has 9 heteroatoms. The van der Waals surface area contributed by atoms with Crippen LogP contribution in [0.1, 0.15) is 12.8 Å². The van der Waals surface area contributed by atoms with E-state index in [2.05, 4.69) is 28.8 Å². The quantitative estimate of drug-likeness (QED) is 0.521. The number of aliphatic hydroxyl groups is 2. The van der Waals surface area contributed by atoms with Crippen LogP contribution in [-0.2, 0) is 4.79 Å². The predicted octanol–water partition coefficient (Wildman–Crippen LogP) is -0.643. The van der Waals surface area contributed by atoms with E-state index in [4.69, 9.17) is 15.3 Å². The fraction of sp³-hybridized carbons (Fsp3) is 0.952. The van der Waals surface area contributed by atoms with Gasteiger partial charge in [0.25, 0.3) is 0 Å². The summed E-state index contributed by atoms with van der Waals surface area (Å²) in [6, 6.07) is 0. The van der Waals surface area contributed by atoms with Crippen molar-refractivity contribution >= 4 is 5.97 Å². The Hall–Kier alpha value is -0.810. The fourth-order valence-electron chi connectivity index (χ4n) is 2.62. The van der Waals surface area contributed by atoms with Gasteiger partial charge in [-0.2, -0.15) is 0 Å². The van der Waals surface area contributed by atoms with Crippen molar-refractivity contribution in [2.24, 2.45) is 5.92 Å². The highest BCUT2D eigenvalue weighted by Crippen LogP contribution is 2.15. The second kappa shape index (κ2) is 20.1. The Labute approximate surface area is 184 Å². The van der Waals surface area contributed by atoms with Crippen LogP contribution in [0.3, 0.4) is 0 Å². The number of hydrogen-bond acceptors (Lipinski definition) is 8. The SMILES string of the molecule is CN(C)C.CN(CCO)CCO.CN1CCC(C(=O)O)CC1.CN1CCN(C)CC1. The van der Waals surface area contributed by atoms with Gasteiger partial charge in [-0.25, -0.2) is 0 Å². The number of rotatable bonds is 5. The van der Waals surface area contributed by atoms with Gasteiger partial charge in [0.05, 0.1) is 19.1 Å². The topological polar surface area (TPSA) is 94.0 Å². The van der Waals surface area contributed by atoms with Gasteiger partial charge in [0.15, 0.2) is 0 Å². The minimum atomic E-state index is -0.631. The molecule has 0 aliphatic carbocycles. The van der Waals surface area contributed by atoms with Crippen molar-refractivity contribution in [2.45, 2.75) is 12.8 Å². The largest absolute Gasteiger partial charge is 0.481 e. The molecule has 182 valence electrons. The number of nitrogens with zero attached hydrogens (tertiary/aromatic N) is 5. The number of likely N-dealkylation sites (N-methyl/N-ethyl adjacent to an activating group) is 3. The number of aliphatic hydroxyl groups excluding tert-OH is 2. The second-order valence-corrected chi connectivity index (χ2v) is 8.61. The molecule has 30 heavy (non-hydrogen) atoms. The third-order valence-corrected chi connectivity index (χ3v) is 4.76. The molecular formula is C21H49N5O4. The van der Waals surface area contributed by atoms with E-state index in [1.807, 2.05) is 45.0 Å². The molecule has 2 heterocycles. The van der Waals surface area contributed by atoms with E-state index < -0.39 is 5.97 Å². The van der Waals surface area contributed by atoms with Gasteiger partial charge in [-0.3, -0.25) is 4.79 Å². The van der Waals surface area contributed by atoms with Gasteiger partial charge in [-0.1, -0.05) is 0 Å². The lowest BCUT2D eigenvalue weighted by Gasteiger charge is -2.28. The van der Waals surface area contributed by atoms with E-state index in [0.717, 1.165) is 25.9 Å². The zero-order valence-corrected chi connectivity index (χ0v) is 20.5. The summed E-state index contributed by atoms with van der Waals surface area (Å²) < 4.78 is 0. The average molecular weight is 436 g/mol. The molecular weight excluding hydrogens is 386 g/mol. The Morgan fingerprint density at radius 2 is 1.07 bits per heavy atom. The molecule has 0 radical (unpaired) electrons. The first-order chi connectivity index (χ1) is 14.0. The molecule has 0 unspecified atom stereocenters. The van der Waals surface area contributed by atoms with Gasteiger partial charge in [-0.05, 0) is 75.3 Å². The first kappa shape index (κ1) is 31.4. The first-order valence-electron chi connectivity index (χ1n) is 10.8. The molecule has 2 fully saturated rings. The Kier molecular flexibility index (Phi) is 21.0. The van der Waals surface area contributed by atoms with Crippen LogP contribution in [0.2, 0.25) is 0 Å². The lowest BCUT2D eigenvalue weighted by Crippen LogP contribution is -2.42. The summed E-state index contributed by atoms with van der Waals surface area (Å²) in [6.45, 7) is 8.39. The number of carboxylic acids is 1. The van der Waals surface area contributed by atoms with Crippen molar-refractivity contribution in [3.8, 4) is 0 Å². The van der Waals surface area contributed by atoms with Crippen molar-refractivity contribution in [2.75, 3.05) is 115 Å². The third-order valence-electron chi connectivity index (χ3n) is 4.76. The zero-order valence-electron chi connectivity index (χ0n) is 20.5. The number of aliphatic carboxylic acids is 1. The van der Waals surface area contributed by atoms with Crippen molar-refractivity contribution in [3.63, 3.8) is 0 Å². The molecule has 0 aromatic carbocycles. The van der Waals surface area contributed by atoms with Crippen LogP contribution in [0.25, 0.3) is 0 Å². The Morgan fingerprint density at radius 3 is 1.33 bits per heavy atom. The lowest BCUT2D eigenvalue weighted by molar-refractivity contribution is -0.143. The summed E-state index contributed by atoms with van der Waals surface area (Å²) >= 11 is 0. The molecule has 0 aromatic heterocycles. The van der Waals surface area contributed by atoms with Crippen LogP contribution >= 0.6 is 0 Å². The maximum Gasteiger partial charge on any atom is 0.306 e. The second-order valence-electron chi connectivity index (χ2n) is 8.61. The molecule has 0 amide bonds. The van der Waals surface area contributed by atoms with Gasteiger partial charge in [-0.15, -0.1) is 0 Å². The molecule has 0 atom stereocenters. The maximum absolute atomic E-state index is 10.4. The third kappa shape index (κ3) is 21.9. The van der Waals surface area contributed by atoms with Gasteiger partial charge in [0.1, 0.15) is 0 Å². The summed E-state index contributed by atoms with van der Waals surface area (Å²) in [5.41, 5.74) is 0. The van der Waals surface area contributed by atoms with Gasteiger partial charge in [0.2, 0.25) is 0 Å². The molecule has 2 aliphatic rings. The number of likely N-dealkylation sites (tertiary alicyclic amines) is 1. The standard InChI is InChI=1S/C7H13NO2.C6H14N2.C5H13NO2.C3H9N/c1-8-4-2-6(3-5-8)7(9)10;1-7-3-5-8(2)6-4-7;1-6(2-4-7)3-5-8;1-4(2)3/h6H,2-5H2,1H3,(H,9,10);3-6H2,1-2H3;7-8H,2-5H2,1H3;1-3H3. The average Bonchev–Trinajstić information content (AvgIpc) is 2.66. The van der Waals surface area contributed by atoms with Crippen LogP contribution in [-0.4, -0.2) is 161 Å². The fourth-order valence-corrected chi connectivity index (χ4v) is 2.62. The maximum atomic E-state index is 10.4.